The molecule has 0 saturated carbocycles. The maximum absolute atomic E-state index is 3.98. The monoisotopic (exact) mass is 284 g/mol. The zero-order valence-electron chi connectivity index (χ0n) is 13.1. The Bertz CT molecular complexity index is 773. The van der Waals surface area contributed by atoms with Crippen molar-refractivity contribution >= 4 is 5.57 Å². The Kier molecular flexibility index (Phi) is 3.93. The van der Waals surface area contributed by atoms with Crippen LogP contribution in [-0.2, 0) is 0 Å². The molecule has 3 aromatic carbocycles. The standard InChI is InChI=1S/C22H20/c1-16(2)18-8-10-20(11-9-18)22-14-12-21(13-15-22)19-6-4-17(3)5-7-19/h4-15H,1H2,2-3H3. The van der Waals surface area contributed by atoms with E-state index in [1.54, 1.807) is 0 Å². The molecule has 3 rings (SSSR count). The van der Waals surface area contributed by atoms with Gasteiger partial charge in [0.15, 0.2) is 0 Å². The molecule has 0 aliphatic carbocycles. The van der Waals surface area contributed by atoms with E-state index >= 15 is 0 Å². The minimum atomic E-state index is 1.10. The van der Waals surface area contributed by atoms with Gasteiger partial charge in [-0.15, -0.1) is 0 Å². The van der Waals surface area contributed by atoms with Crippen molar-refractivity contribution in [1.82, 2.24) is 0 Å². The van der Waals surface area contributed by atoms with Gasteiger partial charge in [-0.25, -0.2) is 0 Å². The number of hydrogen-bond acceptors (Lipinski definition) is 0. The molecule has 0 amide bonds. The quantitative estimate of drug-likeness (QED) is 0.524. The lowest BCUT2D eigenvalue weighted by molar-refractivity contribution is 1.47. The van der Waals surface area contributed by atoms with Crippen molar-refractivity contribution in [2.24, 2.45) is 0 Å². The summed E-state index contributed by atoms with van der Waals surface area (Å²) in [6, 6.07) is 26.0. The molecule has 108 valence electrons. The summed E-state index contributed by atoms with van der Waals surface area (Å²) in [5.74, 6) is 0. The normalized spacial score (nSPS) is 10.5. The molecule has 0 heteroatoms. The van der Waals surface area contributed by atoms with E-state index in [1.807, 2.05) is 6.92 Å². The van der Waals surface area contributed by atoms with E-state index in [9.17, 15) is 0 Å². The molecule has 0 atom stereocenters. The van der Waals surface area contributed by atoms with E-state index in [-0.39, 0.29) is 0 Å². The summed E-state index contributed by atoms with van der Waals surface area (Å²) in [6.45, 7) is 8.12. The summed E-state index contributed by atoms with van der Waals surface area (Å²) >= 11 is 0. The summed E-state index contributed by atoms with van der Waals surface area (Å²) in [6.07, 6.45) is 0. The highest BCUT2D eigenvalue weighted by Gasteiger charge is 2.01. The molecule has 22 heavy (non-hydrogen) atoms. The van der Waals surface area contributed by atoms with Gasteiger partial charge in [0.25, 0.3) is 0 Å². The largest absolute Gasteiger partial charge is 0.0955 e. The molecule has 0 unspecified atom stereocenters. The molecular weight excluding hydrogens is 264 g/mol. The highest BCUT2D eigenvalue weighted by atomic mass is 14.1. The Morgan fingerprint density at radius 3 is 1.27 bits per heavy atom. The predicted molar refractivity (Wildman–Crippen MR) is 96.8 cm³/mol. The Labute approximate surface area is 132 Å². The molecule has 0 heterocycles. The zero-order chi connectivity index (χ0) is 15.5. The van der Waals surface area contributed by atoms with Crippen LogP contribution >= 0.6 is 0 Å². The summed E-state index contributed by atoms with van der Waals surface area (Å²) in [4.78, 5) is 0. The van der Waals surface area contributed by atoms with Crippen LogP contribution in [0.1, 0.15) is 18.1 Å². The van der Waals surface area contributed by atoms with Crippen LogP contribution in [0.4, 0.5) is 0 Å². The van der Waals surface area contributed by atoms with E-state index in [0.717, 1.165) is 5.57 Å². The topological polar surface area (TPSA) is 0 Å². The van der Waals surface area contributed by atoms with E-state index < -0.39 is 0 Å². The van der Waals surface area contributed by atoms with E-state index in [0.29, 0.717) is 0 Å². The lowest BCUT2D eigenvalue weighted by Gasteiger charge is -2.07. The van der Waals surface area contributed by atoms with Crippen molar-refractivity contribution in [3.63, 3.8) is 0 Å². The van der Waals surface area contributed by atoms with E-state index in [1.165, 1.54) is 33.4 Å². The SMILES string of the molecule is C=C(C)c1ccc(-c2ccc(-c3ccc(C)cc3)cc2)cc1. The summed E-state index contributed by atoms with van der Waals surface area (Å²) < 4.78 is 0. The van der Waals surface area contributed by atoms with Gasteiger partial charge >= 0.3 is 0 Å². The van der Waals surface area contributed by atoms with Crippen LogP contribution in [0, 0.1) is 6.92 Å². The van der Waals surface area contributed by atoms with Gasteiger partial charge in [0.1, 0.15) is 0 Å². The first-order chi connectivity index (χ1) is 10.6. The van der Waals surface area contributed by atoms with Crippen LogP contribution in [-0.4, -0.2) is 0 Å². The molecule has 0 N–H and O–H groups in total. The minimum Gasteiger partial charge on any atom is -0.0955 e. The van der Waals surface area contributed by atoms with Crippen molar-refractivity contribution in [2.45, 2.75) is 13.8 Å². The molecule has 0 aliphatic heterocycles. The zero-order valence-corrected chi connectivity index (χ0v) is 13.1. The molecular formula is C22H20. The minimum absolute atomic E-state index is 1.10. The maximum Gasteiger partial charge on any atom is -0.0184 e. The average Bonchev–Trinajstić information content (AvgIpc) is 2.56. The first-order valence-electron chi connectivity index (χ1n) is 7.57. The fourth-order valence-electron chi connectivity index (χ4n) is 2.55. The lowest BCUT2D eigenvalue weighted by Crippen LogP contribution is -1.82. The highest BCUT2D eigenvalue weighted by Crippen LogP contribution is 2.26. The number of benzene rings is 3. The van der Waals surface area contributed by atoms with Gasteiger partial charge in [-0.05, 0) is 41.7 Å². The molecule has 0 nitrogen and oxygen atoms in total. The Morgan fingerprint density at radius 2 is 0.909 bits per heavy atom. The fourth-order valence-corrected chi connectivity index (χ4v) is 2.55. The molecule has 0 saturated heterocycles. The van der Waals surface area contributed by atoms with Gasteiger partial charge < -0.3 is 0 Å². The Morgan fingerprint density at radius 1 is 0.591 bits per heavy atom. The Balaban J connectivity index is 1.87. The van der Waals surface area contributed by atoms with Crippen molar-refractivity contribution < 1.29 is 0 Å². The molecule has 0 fully saturated rings. The fraction of sp³-hybridized carbons (Fsp3) is 0.0909. The van der Waals surface area contributed by atoms with Crippen molar-refractivity contribution in [1.29, 1.82) is 0 Å². The van der Waals surface area contributed by atoms with Crippen LogP contribution in [0.15, 0.2) is 79.4 Å². The van der Waals surface area contributed by atoms with Crippen molar-refractivity contribution in [3.8, 4) is 22.3 Å². The molecule has 0 bridgehead atoms. The summed E-state index contributed by atoms with van der Waals surface area (Å²) in [5.41, 5.74) is 8.57. The highest BCUT2D eigenvalue weighted by molar-refractivity contribution is 5.72. The number of aryl methyl sites for hydroxylation is 1. The third-order valence-corrected chi connectivity index (χ3v) is 3.98. The van der Waals surface area contributed by atoms with Gasteiger partial charge in [0.05, 0.1) is 0 Å². The molecule has 0 aliphatic rings. The van der Waals surface area contributed by atoms with Crippen LogP contribution in [0.2, 0.25) is 0 Å². The first-order valence-corrected chi connectivity index (χ1v) is 7.57. The second kappa shape index (κ2) is 6.03. The van der Waals surface area contributed by atoms with Gasteiger partial charge in [0, 0.05) is 0 Å². The van der Waals surface area contributed by atoms with Crippen LogP contribution in [0.3, 0.4) is 0 Å². The number of allylic oxidation sites excluding steroid dienone is 1. The molecule has 0 radical (unpaired) electrons. The van der Waals surface area contributed by atoms with Crippen molar-refractivity contribution in [2.75, 3.05) is 0 Å². The number of rotatable bonds is 3. The van der Waals surface area contributed by atoms with Crippen molar-refractivity contribution in [3.05, 3.63) is 90.5 Å². The predicted octanol–water partition coefficient (Wildman–Crippen LogP) is 6.36. The van der Waals surface area contributed by atoms with Gasteiger partial charge in [0.2, 0.25) is 0 Å². The second-order valence-corrected chi connectivity index (χ2v) is 5.80. The van der Waals surface area contributed by atoms with E-state index in [4.69, 9.17) is 0 Å². The van der Waals surface area contributed by atoms with Crippen LogP contribution in [0.5, 0.6) is 0 Å². The maximum atomic E-state index is 3.98. The smallest absolute Gasteiger partial charge is 0.0184 e. The molecule has 0 spiro atoms. The third kappa shape index (κ3) is 3.01. The van der Waals surface area contributed by atoms with E-state index in [2.05, 4.69) is 86.3 Å². The average molecular weight is 284 g/mol. The lowest BCUT2D eigenvalue weighted by atomic mass is 9.98. The van der Waals surface area contributed by atoms with Crippen LogP contribution in [0.25, 0.3) is 27.8 Å². The van der Waals surface area contributed by atoms with Gasteiger partial charge in [-0.1, -0.05) is 90.5 Å². The van der Waals surface area contributed by atoms with Gasteiger partial charge in [-0.3, -0.25) is 0 Å². The molecule has 0 aromatic heterocycles. The van der Waals surface area contributed by atoms with Crippen LogP contribution < -0.4 is 0 Å². The number of hydrogen-bond donors (Lipinski definition) is 0. The molecule has 3 aromatic rings. The summed E-state index contributed by atoms with van der Waals surface area (Å²) in [7, 11) is 0. The Hall–Kier alpha value is -2.60. The summed E-state index contributed by atoms with van der Waals surface area (Å²) in [5, 5.41) is 0. The van der Waals surface area contributed by atoms with Gasteiger partial charge in [-0.2, -0.15) is 0 Å². The third-order valence-electron chi connectivity index (χ3n) is 3.98. The first kappa shape index (κ1) is 14.3. The second-order valence-electron chi connectivity index (χ2n) is 5.80.